The van der Waals surface area contributed by atoms with Gasteiger partial charge in [0.2, 0.25) is 5.91 Å². The Morgan fingerprint density at radius 3 is 2.61 bits per heavy atom. The van der Waals surface area contributed by atoms with Crippen LogP contribution in [0.3, 0.4) is 0 Å². The van der Waals surface area contributed by atoms with Gasteiger partial charge in [-0.15, -0.1) is 0 Å². The first-order valence-corrected chi connectivity index (χ1v) is 7.83. The number of benzene rings is 1. The third kappa shape index (κ3) is 4.55. The second-order valence-corrected chi connectivity index (χ2v) is 5.78. The summed E-state index contributed by atoms with van der Waals surface area (Å²) >= 11 is 0. The molecule has 6 heteroatoms. The summed E-state index contributed by atoms with van der Waals surface area (Å²) < 4.78 is 0. The molecule has 1 fully saturated rings. The second kappa shape index (κ2) is 7.76. The van der Waals surface area contributed by atoms with Crippen molar-refractivity contribution in [2.45, 2.75) is 38.1 Å². The van der Waals surface area contributed by atoms with Gasteiger partial charge in [0, 0.05) is 25.1 Å². The molecule has 2 rings (SSSR count). The van der Waals surface area contributed by atoms with Gasteiger partial charge < -0.3 is 15.3 Å². The Morgan fingerprint density at radius 2 is 2.04 bits per heavy atom. The average molecular weight is 318 g/mol. The number of carboxylic acid groups (broad SMARTS) is 1. The molecule has 2 amide bonds. The van der Waals surface area contributed by atoms with Gasteiger partial charge in [0.25, 0.3) is 5.91 Å². The van der Waals surface area contributed by atoms with Gasteiger partial charge >= 0.3 is 5.97 Å². The molecular weight excluding hydrogens is 296 g/mol. The Morgan fingerprint density at radius 1 is 1.30 bits per heavy atom. The maximum absolute atomic E-state index is 12.3. The summed E-state index contributed by atoms with van der Waals surface area (Å²) in [6, 6.07) is 7.19. The predicted octanol–water partition coefficient (Wildman–Crippen LogP) is 1.44. The molecule has 1 aromatic rings. The van der Waals surface area contributed by atoms with Crippen LogP contribution in [0.15, 0.2) is 24.3 Å². The highest BCUT2D eigenvalue weighted by atomic mass is 16.4. The lowest BCUT2D eigenvalue weighted by atomic mass is 9.91. The maximum atomic E-state index is 12.3. The lowest BCUT2D eigenvalue weighted by Crippen LogP contribution is -2.46. The molecule has 2 N–H and O–H groups in total. The van der Waals surface area contributed by atoms with Crippen molar-refractivity contribution in [2.24, 2.45) is 0 Å². The van der Waals surface area contributed by atoms with Crippen LogP contribution in [0.25, 0.3) is 0 Å². The monoisotopic (exact) mass is 318 g/mol. The molecule has 23 heavy (non-hydrogen) atoms. The van der Waals surface area contributed by atoms with E-state index < -0.39 is 5.97 Å². The van der Waals surface area contributed by atoms with Gasteiger partial charge in [-0.25, -0.2) is 0 Å². The van der Waals surface area contributed by atoms with Crippen LogP contribution in [0.5, 0.6) is 0 Å². The lowest BCUT2D eigenvalue weighted by Gasteiger charge is -2.36. The van der Waals surface area contributed by atoms with Crippen LogP contribution in [0.1, 0.15) is 41.6 Å². The van der Waals surface area contributed by atoms with Crippen LogP contribution in [0, 0.1) is 0 Å². The molecule has 0 atom stereocenters. The molecular formula is C17H22N2O4. The number of carbonyl (C=O) groups is 3. The van der Waals surface area contributed by atoms with Crippen LogP contribution < -0.4 is 5.32 Å². The van der Waals surface area contributed by atoms with E-state index in [0.29, 0.717) is 12.0 Å². The van der Waals surface area contributed by atoms with E-state index in [0.717, 1.165) is 24.8 Å². The Labute approximate surface area is 135 Å². The van der Waals surface area contributed by atoms with Gasteiger partial charge in [0.1, 0.15) is 6.54 Å². The number of nitrogens with one attached hydrogen (secondary N) is 1. The van der Waals surface area contributed by atoms with Gasteiger partial charge in [-0.05, 0) is 43.4 Å². The van der Waals surface area contributed by atoms with E-state index in [1.807, 2.05) is 6.07 Å². The third-order valence-corrected chi connectivity index (χ3v) is 4.19. The molecule has 1 aromatic carbocycles. The number of amides is 2. The number of aliphatic carboxylic acids is 1. The normalized spacial score (nSPS) is 14.0. The highest BCUT2D eigenvalue weighted by molar-refractivity contribution is 5.94. The Bertz CT molecular complexity index is 596. The fraction of sp³-hybridized carbons (Fsp3) is 0.471. The molecule has 6 nitrogen and oxygen atoms in total. The number of hydrogen-bond acceptors (Lipinski definition) is 3. The number of carbonyl (C=O) groups excluding carboxylic acids is 2. The second-order valence-electron chi connectivity index (χ2n) is 5.78. The van der Waals surface area contributed by atoms with Crippen LogP contribution in [0.2, 0.25) is 0 Å². The molecule has 0 bridgehead atoms. The van der Waals surface area contributed by atoms with Crippen LogP contribution in [0.4, 0.5) is 0 Å². The van der Waals surface area contributed by atoms with E-state index >= 15 is 0 Å². The van der Waals surface area contributed by atoms with Gasteiger partial charge in [0.15, 0.2) is 0 Å². The quantitative estimate of drug-likeness (QED) is 0.796. The molecule has 0 heterocycles. The summed E-state index contributed by atoms with van der Waals surface area (Å²) in [5, 5.41) is 11.5. The molecule has 0 aliphatic heterocycles. The standard InChI is InChI=1S/C17H22N2O4/c1-18-17(23)13-5-2-4-12(10-13)8-9-15(20)19(11-16(21)22)14-6-3-7-14/h2,4-5,10,14H,3,6-9,11H2,1H3,(H,18,23)(H,21,22). The number of aryl methyl sites for hydroxylation is 1. The van der Waals surface area contributed by atoms with Crippen molar-refractivity contribution in [3.05, 3.63) is 35.4 Å². The number of carboxylic acids is 1. The number of nitrogens with zero attached hydrogens (tertiary/aromatic N) is 1. The van der Waals surface area contributed by atoms with E-state index in [4.69, 9.17) is 5.11 Å². The summed E-state index contributed by atoms with van der Waals surface area (Å²) in [6.45, 7) is -0.234. The van der Waals surface area contributed by atoms with Gasteiger partial charge in [-0.3, -0.25) is 14.4 Å². The Hall–Kier alpha value is -2.37. The van der Waals surface area contributed by atoms with Crippen molar-refractivity contribution in [1.82, 2.24) is 10.2 Å². The lowest BCUT2D eigenvalue weighted by molar-refractivity contribution is -0.147. The summed E-state index contributed by atoms with van der Waals surface area (Å²) in [6.07, 6.45) is 3.55. The zero-order valence-electron chi connectivity index (χ0n) is 13.2. The Kier molecular flexibility index (Phi) is 5.73. The maximum Gasteiger partial charge on any atom is 0.323 e. The van der Waals surface area contributed by atoms with Crippen LogP contribution >= 0.6 is 0 Å². The van der Waals surface area contributed by atoms with Crippen LogP contribution in [-0.4, -0.2) is 47.4 Å². The molecule has 0 aromatic heterocycles. The number of rotatable bonds is 7. The number of hydrogen-bond donors (Lipinski definition) is 2. The topological polar surface area (TPSA) is 86.7 Å². The van der Waals surface area contributed by atoms with E-state index in [1.54, 1.807) is 25.2 Å². The van der Waals surface area contributed by atoms with Crippen molar-refractivity contribution in [1.29, 1.82) is 0 Å². The molecule has 0 unspecified atom stereocenters. The van der Waals surface area contributed by atoms with Gasteiger partial charge in [-0.1, -0.05) is 12.1 Å². The molecule has 1 aliphatic rings. The summed E-state index contributed by atoms with van der Waals surface area (Å²) in [7, 11) is 1.57. The Balaban J connectivity index is 1.96. The zero-order valence-corrected chi connectivity index (χ0v) is 13.2. The molecule has 0 spiro atoms. The van der Waals surface area contributed by atoms with Crippen molar-refractivity contribution in [3.63, 3.8) is 0 Å². The highest BCUT2D eigenvalue weighted by Crippen LogP contribution is 2.25. The molecule has 0 radical (unpaired) electrons. The first kappa shape index (κ1) is 17.0. The average Bonchev–Trinajstić information content (AvgIpc) is 2.49. The molecule has 0 saturated heterocycles. The minimum absolute atomic E-state index is 0.0656. The third-order valence-electron chi connectivity index (χ3n) is 4.19. The van der Waals surface area contributed by atoms with Crippen molar-refractivity contribution >= 4 is 17.8 Å². The van der Waals surface area contributed by atoms with Crippen molar-refractivity contribution in [2.75, 3.05) is 13.6 Å². The van der Waals surface area contributed by atoms with Gasteiger partial charge in [-0.2, -0.15) is 0 Å². The minimum Gasteiger partial charge on any atom is -0.480 e. The fourth-order valence-corrected chi connectivity index (χ4v) is 2.67. The smallest absolute Gasteiger partial charge is 0.323 e. The molecule has 124 valence electrons. The first-order valence-electron chi connectivity index (χ1n) is 7.83. The highest BCUT2D eigenvalue weighted by Gasteiger charge is 2.29. The van der Waals surface area contributed by atoms with E-state index in [9.17, 15) is 14.4 Å². The SMILES string of the molecule is CNC(=O)c1cccc(CCC(=O)N(CC(=O)O)C2CCC2)c1. The van der Waals surface area contributed by atoms with Crippen molar-refractivity contribution in [3.8, 4) is 0 Å². The summed E-state index contributed by atoms with van der Waals surface area (Å²) in [4.78, 5) is 36.4. The first-order chi connectivity index (χ1) is 11.0. The largest absolute Gasteiger partial charge is 0.480 e. The van der Waals surface area contributed by atoms with Crippen LogP contribution in [-0.2, 0) is 16.0 Å². The predicted molar refractivity (Wildman–Crippen MR) is 85.1 cm³/mol. The molecule has 1 aliphatic carbocycles. The minimum atomic E-state index is -0.980. The van der Waals surface area contributed by atoms with E-state index in [1.165, 1.54) is 4.90 Å². The van der Waals surface area contributed by atoms with E-state index in [-0.39, 0.29) is 30.8 Å². The molecule has 1 saturated carbocycles. The fourth-order valence-electron chi connectivity index (χ4n) is 2.67. The van der Waals surface area contributed by atoms with E-state index in [2.05, 4.69) is 5.32 Å². The summed E-state index contributed by atoms with van der Waals surface area (Å²) in [5.41, 5.74) is 1.45. The van der Waals surface area contributed by atoms with Crippen molar-refractivity contribution < 1.29 is 19.5 Å². The van der Waals surface area contributed by atoms with Gasteiger partial charge in [0.05, 0.1) is 0 Å². The zero-order chi connectivity index (χ0) is 16.8. The summed E-state index contributed by atoms with van der Waals surface area (Å²) in [5.74, 6) is -1.28.